The van der Waals surface area contributed by atoms with E-state index in [1.54, 1.807) is 18.2 Å². The first-order valence-corrected chi connectivity index (χ1v) is 8.91. The van der Waals surface area contributed by atoms with Crippen LogP contribution in [0.5, 0.6) is 0 Å². The molecule has 2 aromatic rings. The van der Waals surface area contributed by atoms with E-state index in [1.165, 1.54) is 6.07 Å². The fourth-order valence-electron chi connectivity index (χ4n) is 3.40. The van der Waals surface area contributed by atoms with Crippen LogP contribution in [0, 0.1) is 10.1 Å². The van der Waals surface area contributed by atoms with Crippen molar-refractivity contribution in [3.8, 4) is 11.3 Å². The van der Waals surface area contributed by atoms with Gasteiger partial charge in [-0.1, -0.05) is 30.3 Å². The molecule has 7 nitrogen and oxygen atoms in total. The van der Waals surface area contributed by atoms with E-state index < -0.39 is 4.92 Å². The lowest BCUT2D eigenvalue weighted by atomic mass is 10.1. The summed E-state index contributed by atoms with van der Waals surface area (Å²) in [5.74, 6) is 0.648. The first-order chi connectivity index (χ1) is 12.6. The second kappa shape index (κ2) is 6.74. The summed E-state index contributed by atoms with van der Waals surface area (Å²) < 4.78 is 0. The molecule has 1 aliphatic carbocycles. The predicted octanol–water partition coefficient (Wildman–Crippen LogP) is 2.90. The van der Waals surface area contributed by atoms with E-state index in [4.69, 9.17) is 0 Å². The van der Waals surface area contributed by atoms with E-state index >= 15 is 0 Å². The Morgan fingerprint density at radius 1 is 1.15 bits per heavy atom. The van der Waals surface area contributed by atoms with E-state index in [2.05, 4.69) is 10.3 Å². The molecule has 1 saturated carbocycles. The molecule has 0 radical (unpaired) electrons. The Morgan fingerprint density at radius 2 is 1.92 bits per heavy atom. The van der Waals surface area contributed by atoms with Crippen molar-refractivity contribution in [2.24, 2.45) is 0 Å². The minimum atomic E-state index is -0.416. The maximum Gasteiger partial charge on any atom is 0.295 e. The highest BCUT2D eigenvalue weighted by atomic mass is 16.6. The van der Waals surface area contributed by atoms with Gasteiger partial charge in [-0.3, -0.25) is 14.9 Å². The highest BCUT2D eigenvalue weighted by Crippen LogP contribution is 2.33. The minimum Gasteiger partial charge on any atom is -0.352 e. The van der Waals surface area contributed by atoms with Gasteiger partial charge in [-0.25, -0.2) is 4.98 Å². The van der Waals surface area contributed by atoms with Gasteiger partial charge in [-0.05, 0) is 31.7 Å². The summed E-state index contributed by atoms with van der Waals surface area (Å²) in [4.78, 5) is 30.1. The van der Waals surface area contributed by atoms with Crippen LogP contribution in [0.4, 0.5) is 11.5 Å². The molecule has 2 aliphatic rings. The van der Waals surface area contributed by atoms with Gasteiger partial charge in [0.25, 0.3) is 5.69 Å². The van der Waals surface area contributed by atoms with Crippen molar-refractivity contribution in [3.63, 3.8) is 0 Å². The largest absolute Gasteiger partial charge is 0.352 e. The zero-order chi connectivity index (χ0) is 18.1. The van der Waals surface area contributed by atoms with Gasteiger partial charge in [0, 0.05) is 24.2 Å². The first kappa shape index (κ1) is 16.5. The van der Waals surface area contributed by atoms with E-state index in [-0.39, 0.29) is 17.6 Å². The molecule has 2 heterocycles. The average molecular weight is 352 g/mol. The van der Waals surface area contributed by atoms with Gasteiger partial charge in [-0.2, -0.15) is 0 Å². The summed E-state index contributed by atoms with van der Waals surface area (Å²) in [6.07, 6.45) is 3.78. The van der Waals surface area contributed by atoms with Crippen molar-refractivity contribution in [1.82, 2.24) is 10.3 Å². The number of hydrogen-bond donors (Lipinski definition) is 1. The summed E-state index contributed by atoms with van der Waals surface area (Å²) in [6.45, 7) is 0.724. The average Bonchev–Trinajstić information content (AvgIpc) is 3.33. The summed E-state index contributed by atoms with van der Waals surface area (Å²) in [7, 11) is 0. The maximum absolute atomic E-state index is 12.5. The Kier molecular flexibility index (Phi) is 4.28. The number of anilines is 1. The maximum atomic E-state index is 12.5. The molecule has 1 aromatic carbocycles. The number of nitrogens with zero attached hydrogens (tertiary/aromatic N) is 3. The van der Waals surface area contributed by atoms with Crippen LogP contribution in [0.3, 0.4) is 0 Å². The molecule has 2 fully saturated rings. The summed E-state index contributed by atoms with van der Waals surface area (Å²) in [5, 5.41) is 14.5. The van der Waals surface area contributed by atoms with Gasteiger partial charge in [0.15, 0.2) is 5.69 Å². The van der Waals surface area contributed by atoms with Crippen molar-refractivity contribution in [3.05, 3.63) is 52.6 Å². The molecule has 0 spiro atoms. The normalized spacial score (nSPS) is 19.4. The number of amides is 1. The number of pyridine rings is 1. The molecule has 1 saturated heterocycles. The van der Waals surface area contributed by atoms with Gasteiger partial charge in [0.05, 0.1) is 4.92 Å². The molecule has 1 N–H and O–H groups in total. The van der Waals surface area contributed by atoms with Gasteiger partial charge < -0.3 is 10.2 Å². The number of carbonyl (C=O) groups excluding carboxylic acids is 1. The van der Waals surface area contributed by atoms with Crippen molar-refractivity contribution in [1.29, 1.82) is 0 Å². The second-order valence-electron chi connectivity index (χ2n) is 6.79. The van der Waals surface area contributed by atoms with E-state index in [1.807, 2.05) is 23.1 Å². The van der Waals surface area contributed by atoms with E-state index in [0.29, 0.717) is 23.1 Å². The van der Waals surface area contributed by atoms with E-state index in [9.17, 15) is 14.9 Å². The van der Waals surface area contributed by atoms with Crippen LogP contribution in [-0.4, -0.2) is 34.4 Å². The molecule has 134 valence electrons. The zero-order valence-corrected chi connectivity index (χ0v) is 14.3. The van der Waals surface area contributed by atoms with Gasteiger partial charge >= 0.3 is 0 Å². The molecule has 26 heavy (non-hydrogen) atoms. The summed E-state index contributed by atoms with van der Waals surface area (Å²) >= 11 is 0. The third-order valence-corrected chi connectivity index (χ3v) is 4.88. The Morgan fingerprint density at radius 3 is 2.62 bits per heavy atom. The van der Waals surface area contributed by atoms with Crippen molar-refractivity contribution < 1.29 is 9.72 Å². The fraction of sp³-hybridized carbons (Fsp3) is 0.368. The molecular weight excluding hydrogens is 332 g/mol. The molecular formula is C19H20N4O3. The van der Waals surface area contributed by atoms with Crippen LogP contribution in [0.2, 0.25) is 0 Å². The molecule has 1 amide bonds. The SMILES string of the molecule is O=C(NC1CC1)C1CCCN1c1ccc([N+](=O)[O-])c(-c2ccccc2)n1. The number of rotatable bonds is 5. The standard InChI is InChI=1S/C19H20N4O3/c24-19(20-14-8-9-14)16-7-4-12-22(16)17-11-10-15(23(25)26)18(21-17)13-5-2-1-3-6-13/h1-3,5-6,10-11,14,16H,4,7-9,12H2,(H,20,24). The van der Waals surface area contributed by atoms with Crippen LogP contribution < -0.4 is 10.2 Å². The van der Waals surface area contributed by atoms with Gasteiger partial charge in [-0.15, -0.1) is 0 Å². The Balaban J connectivity index is 1.68. The minimum absolute atomic E-state index is 0.0295. The van der Waals surface area contributed by atoms with Crippen LogP contribution in [-0.2, 0) is 4.79 Å². The topological polar surface area (TPSA) is 88.4 Å². The number of aromatic nitrogens is 1. The summed E-state index contributed by atoms with van der Waals surface area (Å²) in [6, 6.07) is 12.3. The van der Waals surface area contributed by atoms with Crippen LogP contribution >= 0.6 is 0 Å². The fourth-order valence-corrected chi connectivity index (χ4v) is 3.40. The Labute approximate surface area is 151 Å². The highest BCUT2D eigenvalue weighted by molar-refractivity contribution is 5.86. The molecule has 1 aliphatic heterocycles. The number of nitro groups is 1. The molecule has 7 heteroatoms. The number of benzene rings is 1. The molecule has 0 bridgehead atoms. The highest BCUT2D eigenvalue weighted by Gasteiger charge is 2.35. The smallest absolute Gasteiger partial charge is 0.295 e. The quantitative estimate of drug-likeness (QED) is 0.660. The monoisotopic (exact) mass is 352 g/mol. The van der Waals surface area contributed by atoms with Crippen molar-refractivity contribution in [2.45, 2.75) is 37.8 Å². The second-order valence-corrected chi connectivity index (χ2v) is 6.79. The lowest BCUT2D eigenvalue weighted by Gasteiger charge is -2.25. The van der Waals surface area contributed by atoms with Crippen LogP contribution in [0.15, 0.2) is 42.5 Å². The summed E-state index contributed by atoms with van der Waals surface area (Å²) in [5.41, 5.74) is 0.999. The van der Waals surface area contributed by atoms with Crippen molar-refractivity contribution >= 4 is 17.4 Å². The number of nitrogens with one attached hydrogen (secondary N) is 1. The van der Waals surface area contributed by atoms with Crippen LogP contribution in [0.25, 0.3) is 11.3 Å². The van der Waals surface area contributed by atoms with Gasteiger partial charge in [0.2, 0.25) is 5.91 Å². The molecule has 1 atom stereocenters. The van der Waals surface area contributed by atoms with E-state index in [0.717, 1.165) is 32.2 Å². The lowest BCUT2D eigenvalue weighted by molar-refractivity contribution is -0.384. The predicted molar refractivity (Wildman–Crippen MR) is 97.9 cm³/mol. The molecule has 4 rings (SSSR count). The van der Waals surface area contributed by atoms with Gasteiger partial charge in [0.1, 0.15) is 11.9 Å². The van der Waals surface area contributed by atoms with Crippen LogP contribution in [0.1, 0.15) is 25.7 Å². The van der Waals surface area contributed by atoms with Crippen molar-refractivity contribution in [2.75, 3.05) is 11.4 Å². The lowest BCUT2D eigenvalue weighted by Crippen LogP contribution is -2.44. The zero-order valence-electron chi connectivity index (χ0n) is 14.3. The Hall–Kier alpha value is -2.96. The third-order valence-electron chi connectivity index (χ3n) is 4.88. The third kappa shape index (κ3) is 3.24. The number of hydrogen-bond acceptors (Lipinski definition) is 5. The Bertz CT molecular complexity index is 836. The molecule has 1 unspecified atom stereocenters. The molecule has 1 aromatic heterocycles. The number of carbonyl (C=O) groups is 1. The first-order valence-electron chi connectivity index (χ1n) is 8.91.